The van der Waals surface area contributed by atoms with Gasteiger partial charge in [0.1, 0.15) is 0 Å². The van der Waals surface area contributed by atoms with E-state index in [1.54, 1.807) is 31.3 Å². The highest BCUT2D eigenvalue weighted by molar-refractivity contribution is 5.97. The van der Waals surface area contributed by atoms with Crippen LogP contribution < -0.4 is 16.0 Å². The van der Waals surface area contributed by atoms with Crippen LogP contribution in [0.1, 0.15) is 42.5 Å². The third-order valence-electron chi connectivity index (χ3n) is 3.69. The lowest BCUT2D eigenvalue weighted by Crippen LogP contribution is -2.36. The maximum absolute atomic E-state index is 12.2. The van der Waals surface area contributed by atoms with E-state index in [2.05, 4.69) is 16.0 Å². The lowest BCUT2D eigenvalue weighted by molar-refractivity contribution is -0.115. The third-order valence-corrected chi connectivity index (χ3v) is 3.69. The van der Waals surface area contributed by atoms with Crippen LogP contribution in [0.15, 0.2) is 24.3 Å². The van der Waals surface area contributed by atoms with Crippen molar-refractivity contribution in [3.05, 3.63) is 29.8 Å². The summed E-state index contributed by atoms with van der Waals surface area (Å²) in [4.78, 5) is 23.8. The van der Waals surface area contributed by atoms with Gasteiger partial charge in [-0.05, 0) is 38.1 Å². The second-order valence-corrected chi connectivity index (χ2v) is 5.47. The summed E-state index contributed by atoms with van der Waals surface area (Å²) in [5.74, 6) is -0.186. The minimum atomic E-state index is -0.123. The zero-order valence-electron chi connectivity index (χ0n) is 12.4. The molecule has 0 aliphatic heterocycles. The van der Waals surface area contributed by atoms with Gasteiger partial charge in [0.05, 0.1) is 6.54 Å². The molecule has 0 saturated heterocycles. The Labute approximate surface area is 125 Å². The lowest BCUT2D eigenvalue weighted by Gasteiger charge is -2.22. The van der Waals surface area contributed by atoms with Gasteiger partial charge in [-0.2, -0.15) is 0 Å². The van der Waals surface area contributed by atoms with E-state index in [0.29, 0.717) is 11.3 Å². The first-order valence-electron chi connectivity index (χ1n) is 7.54. The van der Waals surface area contributed by atoms with Crippen molar-refractivity contribution < 1.29 is 9.59 Å². The van der Waals surface area contributed by atoms with Crippen LogP contribution in [0, 0.1) is 0 Å². The van der Waals surface area contributed by atoms with Crippen LogP contribution in [0.5, 0.6) is 0 Å². The second kappa shape index (κ2) is 7.78. The predicted molar refractivity (Wildman–Crippen MR) is 83.3 cm³/mol. The van der Waals surface area contributed by atoms with E-state index in [1.807, 2.05) is 0 Å². The van der Waals surface area contributed by atoms with Gasteiger partial charge >= 0.3 is 0 Å². The summed E-state index contributed by atoms with van der Waals surface area (Å²) in [5.41, 5.74) is 1.23. The molecule has 1 fully saturated rings. The molecule has 0 heterocycles. The quantitative estimate of drug-likeness (QED) is 0.775. The molecule has 1 aliphatic carbocycles. The number of nitrogens with one attached hydrogen (secondary N) is 3. The summed E-state index contributed by atoms with van der Waals surface area (Å²) in [6, 6.07) is 7.33. The van der Waals surface area contributed by atoms with E-state index in [1.165, 1.54) is 19.3 Å². The topological polar surface area (TPSA) is 70.2 Å². The van der Waals surface area contributed by atoms with E-state index in [4.69, 9.17) is 0 Å². The summed E-state index contributed by atoms with van der Waals surface area (Å²) >= 11 is 0. The molecule has 0 aromatic heterocycles. The third kappa shape index (κ3) is 4.86. The number of carbonyl (C=O) groups is 2. The van der Waals surface area contributed by atoms with Crippen molar-refractivity contribution in [1.29, 1.82) is 0 Å². The normalized spacial score (nSPS) is 15.5. The van der Waals surface area contributed by atoms with Crippen LogP contribution in [0.2, 0.25) is 0 Å². The maximum Gasteiger partial charge on any atom is 0.251 e. The maximum atomic E-state index is 12.2. The highest BCUT2D eigenvalue weighted by Gasteiger charge is 2.16. The number of amides is 2. The number of rotatable bonds is 5. The molecule has 1 aromatic carbocycles. The molecule has 0 atom stereocenters. The fraction of sp³-hybridized carbons (Fsp3) is 0.500. The van der Waals surface area contributed by atoms with Crippen LogP contribution >= 0.6 is 0 Å². The monoisotopic (exact) mass is 289 g/mol. The van der Waals surface area contributed by atoms with Gasteiger partial charge in [0, 0.05) is 17.3 Å². The number of likely N-dealkylation sites (N-methyl/N-ethyl adjacent to an activating group) is 1. The Kier molecular flexibility index (Phi) is 5.75. The molecule has 1 aliphatic rings. The highest BCUT2D eigenvalue weighted by Crippen LogP contribution is 2.18. The average molecular weight is 289 g/mol. The lowest BCUT2D eigenvalue weighted by atomic mass is 9.95. The SMILES string of the molecule is CNCC(=O)Nc1cccc(C(=O)NC2CCCCC2)c1. The minimum Gasteiger partial charge on any atom is -0.349 e. The van der Waals surface area contributed by atoms with Crippen molar-refractivity contribution in [3.63, 3.8) is 0 Å². The van der Waals surface area contributed by atoms with Crippen LogP contribution in [-0.2, 0) is 4.79 Å². The molecule has 1 aromatic rings. The van der Waals surface area contributed by atoms with Gasteiger partial charge in [-0.3, -0.25) is 9.59 Å². The molecule has 0 bridgehead atoms. The summed E-state index contributed by atoms with van der Waals surface area (Å²) in [6.45, 7) is 0.249. The van der Waals surface area contributed by atoms with Gasteiger partial charge < -0.3 is 16.0 Å². The Bertz CT molecular complexity index is 496. The largest absolute Gasteiger partial charge is 0.349 e. The molecule has 5 heteroatoms. The Morgan fingerprint density at radius 3 is 2.67 bits per heavy atom. The molecule has 0 radical (unpaired) electrons. The van der Waals surface area contributed by atoms with E-state index in [-0.39, 0.29) is 24.4 Å². The van der Waals surface area contributed by atoms with Gasteiger partial charge in [-0.15, -0.1) is 0 Å². The molecule has 114 valence electrons. The second-order valence-electron chi connectivity index (χ2n) is 5.47. The zero-order chi connectivity index (χ0) is 15.1. The van der Waals surface area contributed by atoms with Crippen molar-refractivity contribution in [2.24, 2.45) is 0 Å². The van der Waals surface area contributed by atoms with Crippen LogP contribution in [0.3, 0.4) is 0 Å². The van der Waals surface area contributed by atoms with E-state index >= 15 is 0 Å². The molecule has 21 heavy (non-hydrogen) atoms. The van der Waals surface area contributed by atoms with Crippen LogP contribution in [-0.4, -0.2) is 31.4 Å². The molecule has 2 rings (SSSR count). The van der Waals surface area contributed by atoms with Gasteiger partial charge in [-0.25, -0.2) is 0 Å². The van der Waals surface area contributed by atoms with Gasteiger partial charge in [-0.1, -0.05) is 25.3 Å². The number of benzene rings is 1. The zero-order valence-corrected chi connectivity index (χ0v) is 12.4. The molecular formula is C16H23N3O2. The predicted octanol–water partition coefficient (Wildman–Crippen LogP) is 1.91. The van der Waals surface area contributed by atoms with Crippen LogP contribution in [0.4, 0.5) is 5.69 Å². The summed E-state index contributed by atoms with van der Waals surface area (Å²) in [6.07, 6.45) is 5.75. The van der Waals surface area contributed by atoms with E-state index in [9.17, 15) is 9.59 Å². The fourth-order valence-electron chi connectivity index (χ4n) is 2.62. The molecule has 3 N–H and O–H groups in total. The van der Waals surface area contributed by atoms with Crippen molar-refractivity contribution in [3.8, 4) is 0 Å². The molecule has 0 unspecified atom stereocenters. The van der Waals surface area contributed by atoms with Crippen LogP contribution in [0.25, 0.3) is 0 Å². The summed E-state index contributed by atoms with van der Waals surface area (Å²) < 4.78 is 0. The standard InChI is InChI=1S/C16H23N3O2/c1-17-11-15(20)18-14-9-5-6-12(10-14)16(21)19-13-7-3-2-4-8-13/h5-6,9-10,13,17H,2-4,7-8,11H2,1H3,(H,18,20)(H,19,21). The first kappa shape index (κ1) is 15.5. The van der Waals surface area contributed by atoms with Gasteiger partial charge in [0.2, 0.25) is 5.91 Å². The summed E-state index contributed by atoms with van der Waals surface area (Å²) in [7, 11) is 1.72. The van der Waals surface area contributed by atoms with Crippen molar-refractivity contribution in [2.45, 2.75) is 38.1 Å². The number of carbonyl (C=O) groups excluding carboxylic acids is 2. The first-order chi connectivity index (χ1) is 10.2. The smallest absolute Gasteiger partial charge is 0.251 e. The number of hydrogen-bond donors (Lipinski definition) is 3. The van der Waals surface area contributed by atoms with E-state index in [0.717, 1.165) is 12.8 Å². The molecule has 1 saturated carbocycles. The average Bonchev–Trinajstić information content (AvgIpc) is 2.48. The Hall–Kier alpha value is -1.88. The van der Waals surface area contributed by atoms with Crippen molar-refractivity contribution >= 4 is 17.5 Å². The highest BCUT2D eigenvalue weighted by atomic mass is 16.2. The van der Waals surface area contributed by atoms with Gasteiger partial charge in [0.15, 0.2) is 0 Å². The first-order valence-corrected chi connectivity index (χ1v) is 7.54. The van der Waals surface area contributed by atoms with Gasteiger partial charge in [0.25, 0.3) is 5.91 Å². The van der Waals surface area contributed by atoms with Crippen molar-refractivity contribution in [1.82, 2.24) is 10.6 Å². The Balaban J connectivity index is 1.95. The van der Waals surface area contributed by atoms with Crippen molar-refractivity contribution in [2.75, 3.05) is 18.9 Å². The molecule has 2 amide bonds. The number of anilines is 1. The number of hydrogen-bond acceptors (Lipinski definition) is 3. The fourth-order valence-corrected chi connectivity index (χ4v) is 2.62. The summed E-state index contributed by atoms with van der Waals surface area (Å²) in [5, 5.41) is 8.63. The minimum absolute atomic E-state index is 0.0633. The Morgan fingerprint density at radius 1 is 1.19 bits per heavy atom. The molecule has 0 spiro atoms. The Morgan fingerprint density at radius 2 is 1.95 bits per heavy atom. The molecular weight excluding hydrogens is 266 g/mol. The molecule has 5 nitrogen and oxygen atoms in total. The van der Waals surface area contributed by atoms with E-state index < -0.39 is 0 Å².